The molecule has 0 radical (unpaired) electrons. The van der Waals surface area contributed by atoms with Crippen molar-refractivity contribution in [3.63, 3.8) is 0 Å². The van der Waals surface area contributed by atoms with Gasteiger partial charge in [0.25, 0.3) is 9.05 Å². The lowest BCUT2D eigenvalue weighted by atomic mass is 10.1. The van der Waals surface area contributed by atoms with Crippen LogP contribution in [-0.2, 0) is 9.05 Å². The van der Waals surface area contributed by atoms with Gasteiger partial charge in [0, 0.05) is 16.7 Å². The maximum Gasteiger partial charge on any atom is 0.262 e. The summed E-state index contributed by atoms with van der Waals surface area (Å²) in [6.45, 7) is 6.17. The van der Waals surface area contributed by atoms with Crippen molar-refractivity contribution in [2.24, 2.45) is 5.92 Å². The van der Waals surface area contributed by atoms with Crippen LogP contribution in [0.3, 0.4) is 0 Å². The van der Waals surface area contributed by atoms with E-state index in [1.807, 2.05) is 6.92 Å². The second-order valence-corrected chi connectivity index (χ2v) is 6.89. The maximum atomic E-state index is 11.0. The van der Waals surface area contributed by atoms with Crippen molar-refractivity contribution in [2.75, 3.05) is 0 Å². The molecular weight excluding hydrogens is 262 g/mol. The smallest absolute Gasteiger partial charge is 0.262 e. The van der Waals surface area contributed by atoms with Gasteiger partial charge in [0.1, 0.15) is 4.90 Å². The molecule has 0 fully saturated rings. The van der Waals surface area contributed by atoms with E-state index in [0.717, 1.165) is 6.42 Å². The first-order valence-corrected chi connectivity index (χ1v) is 7.67. The molecule has 1 aromatic rings. The Morgan fingerprint density at radius 1 is 1.35 bits per heavy atom. The van der Waals surface area contributed by atoms with Crippen LogP contribution in [-0.4, -0.2) is 19.5 Å². The molecule has 0 aliphatic heterocycles. The van der Waals surface area contributed by atoms with Crippen molar-refractivity contribution in [1.29, 1.82) is 0 Å². The highest BCUT2D eigenvalue weighted by atomic mass is 35.7. The number of hydrogen-bond acceptors (Lipinski definition) is 4. The number of aromatic nitrogens is 1. The van der Waals surface area contributed by atoms with Gasteiger partial charge in [0.15, 0.2) is 0 Å². The van der Waals surface area contributed by atoms with Gasteiger partial charge in [0.05, 0.1) is 12.3 Å². The summed E-state index contributed by atoms with van der Waals surface area (Å²) in [4.78, 5) is 3.88. The van der Waals surface area contributed by atoms with E-state index in [1.165, 1.54) is 18.3 Å². The number of ether oxygens (including phenoxy) is 1. The second kappa shape index (κ2) is 5.69. The predicted molar refractivity (Wildman–Crippen MR) is 66.8 cm³/mol. The summed E-state index contributed by atoms with van der Waals surface area (Å²) in [5.74, 6) is 0.940. The van der Waals surface area contributed by atoms with Gasteiger partial charge in [-0.1, -0.05) is 13.8 Å². The van der Waals surface area contributed by atoms with Crippen LogP contribution in [0, 0.1) is 5.92 Å². The van der Waals surface area contributed by atoms with E-state index >= 15 is 0 Å². The Bertz CT molecular complexity index is 456. The third-order valence-corrected chi connectivity index (χ3v) is 3.46. The molecule has 0 N–H and O–H groups in total. The summed E-state index contributed by atoms with van der Waals surface area (Å²) in [6.07, 6.45) is 2.15. The molecule has 1 heterocycles. The van der Waals surface area contributed by atoms with E-state index in [2.05, 4.69) is 18.8 Å². The Labute approximate surface area is 106 Å². The number of rotatable bonds is 5. The quantitative estimate of drug-likeness (QED) is 0.777. The van der Waals surface area contributed by atoms with E-state index in [1.54, 1.807) is 0 Å². The fraction of sp³-hybridized carbons (Fsp3) is 0.545. The average molecular weight is 278 g/mol. The molecule has 0 aromatic carbocycles. The van der Waals surface area contributed by atoms with Crippen molar-refractivity contribution in [1.82, 2.24) is 4.98 Å². The molecule has 4 nitrogen and oxygen atoms in total. The van der Waals surface area contributed by atoms with Crippen LogP contribution < -0.4 is 4.74 Å². The Morgan fingerprint density at radius 2 is 2.00 bits per heavy atom. The highest BCUT2D eigenvalue weighted by Gasteiger charge is 2.12. The zero-order valence-corrected chi connectivity index (χ0v) is 11.6. The molecular formula is C11H16ClNO3S. The summed E-state index contributed by atoms with van der Waals surface area (Å²) in [7, 11) is 1.46. The van der Waals surface area contributed by atoms with E-state index in [4.69, 9.17) is 15.4 Å². The van der Waals surface area contributed by atoms with Crippen LogP contribution in [0.25, 0.3) is 0 Å². The monoisotopic (exact) mass is 277 g/mol. The molecule has 0 aliphatic carbocycles. The van der Waals surface area contributed by atoms with Crippen molar-refractivity contribution in [3.05, 3.63) is 18.3 Å². The average Bonchev–Trinajstić information content (AvgIpc) is 2.15. The van der Waals surface area contributed by atoms with Gasteiger partial charge in [-0.3, -0.25) is 0 Å². The largest absolute Gasteiger partial charge is 0.475 e. The Morgan fingerprint density at radius 3 is 2.41 bits per heavy atom. The lowest BCUT2D eigenvalue weighted by Gasteiger charge is -2.15. The molecule has 0 aliphatic rings. The molecule has 1 unspecified atom stereocenters. The lowest BCUT2D eigenvalue weighted by molar-refractivity contribution is 0.185. The van der Waals surface area contributed by atoms with Gasteiger partial charge >= 0.3 is 0 Å². The minimum atomic E-state index is -3.71. The van der Waals surface area contributed by atoms with Crippen molar-refractivity contribution < 1.29 is 13.2 Å². The van der Waals surface area contributed by atoms with Gasteiger partial charge in [-0.25, -0.2) is 13.4 Å². The van der Waals surface area contributed by atoms with Gasteiger partial charge in [-0.05, 0) is 25.3 Å². The van der Waals surface area contributed by atoms with Crippen molar-refractivity contribution in [3.8, 4) is 5.88 Å². The molecule has 0 spiro atoms. The second-order valence-electron chi connectivity index (χ2n) is 4.33. The van der Waals surface area contributed by atoms with Gasteiger partial charge < -0.3 is 4.74 Å². The topological polar surface area (TPSA) is 56.3 Å². The first kappa shape index (κ1) is 14.3. The number of pyridine rings is 1. The normalized spacial score (nSPS) is 13.7. The summed E-state index contributed by atoms with van der Waals surface area (Å²) in [5, 5.41) is 0. The van der Waals surface area contributed by atoms with Crippen LogP contribution in [0.5, 0.6) is 5.88 Å². The van der Waals surface area contributed by atoms with Crippen LogP contribution in [0.4, 0.5) is 0 Å². The van der Waals surface area contributed by atoms with Crippen LogP contribution >= 0.6 is 10.7 Å². The maximum absolute atomic E-state index is 11.0. The summed E-state index contributed by atoms with van der Waals surface area (Å²) in [6, 6.07) is 2.89. The third-order valence-electron chi connectivity index (χ3n) is 2.12. The van der Waals surface area contributed by atoms with Gasteiger partial charge in [0.2, 0.25) is 5.88 Å². The van der Waals surface area contributed by atoms with E-state index < -0.39 is 9.05 Å². The molecule has 0 saturated heterocycles. The molecule has 1 atom stereocenters. The fourth-order valence-electron chi connectivity index (χ4n) is 1.50. The number of halogens is 1. The molecule has 17 heavy (non-hydrogen) atoms. The predicted octanol–water partition coefficient (Wildman–Crippen LogP) is 2.82. The van der Waals surface area contributed by atoms with E-state index in [0.29, 0.717) is 11.8 Å². The number of hydrogen-bond donors (Lipinski definition) is 0. The minimum Gasteiger partial charge on any atom is -0.475 e. The fourth-order valence-corrected chi connectivity index (χ4v) is 2.18. The standard InChI is InChI=1S/C11H16ClNO3S/c1-8(2)6-9(3)16-11-5-4-10(7-13-11)17(12,14)15/h4-5,7-9H,6H2,1-3H3. The minimum absolute atomic E-state index is 0.0250. The molecule has 6 heteroatoms. The summed E-state index contributed by atoms with van der Waals surface area (Å²) < 4.78 is 27.5. The van der Waals surface area contributed by atoms with Crippen LogP contribution in [0.15, 0.2) is 23.2 Å². The van der Waals surface area contributed by atoms with E-state index in [-0.39, 0.29) is 11.0 Å². The summed E-state index contributed by atoms with van der Waals surface area (Å²) in [5.41, 5.74) is 0. The van der Waals surface area contributed by atoms with Crippen LogP contribution in [0.1, 0.15) is 27.2 Å². The Hall–Kier alpha value is -0.810. The van der Waals surface area contributed by atoms with Crippen molar-refractivity contribution >= 4 is 19.7 Å². The number of nitrogens with zero attached hydrogens (tertiary/aromatic N) is 1. The molecule has 0 bridgehead atoms. The molecule has 0 amide bonds. The van der Waals surface area contributed by atoms with Gasteiger partial charge in [-0.15, -0.1) is 0 Å². The summed E-state index contributed by atoms with van der Waals surface area (Å²) >= 11 is 0. The first-order valence-electron chi connectivity index (χ1n) is 5.36. The zero-order chi connectivity index (χ0) is 13.1. The Balaban J connectivity index is 2.69. The van der Waals surface area contributed by atoms with Gasteiger partial charge in [-0.2, -0.15) is 0 Å². The highest BCUT2D eigenvalue weighted by molar-refractivity contribution is 8.13. The lowest BCUT2D eigenvalue weighted by Crippen LogP contribution is -2.15. The third kappa shape index (κ3) is 4.91. The van der Waals surface area contributed by atoms with Crippen molar-refractivity contribution in [2.45, 2.75) is 38.2 Å². The van der Waals surface area contributed by atoms with Crippen LogP contribution in [0.2, 0.25) is 0 Å². The first-order chi connectivity index (χ1) is 7.79. The zero-order valence-electron chi connectivity index (χ0n) is 10.1. The van der Waals surface area contributed by atoms with E-state index in [9.17, 15) is 8.42 Å². The molecule has 96 valence electrons. The Kier molecular flexibility index (Phi) is 4.77. The highest BCUT2D eigenvalue weighted by Crippen LogP contribution is 2.18. The molecule has 1 aromatic heterocycles. The molecule has 0 saturated carbocycles. The molecule has 1 rings (SSSR count). The SMILES string of the molecule is CC(C)CC(C)Oc1ccc(S(=O)(=O)Cl)cn1.